The Morgan fingerprint density at radius 3 is 2.92 bits per heavy atom. The average Bonchev–Trinajstić information content (AvgIpc) is 1.82. The summed E-state index contributed by atoms with van der Waals surface area (Å²) >= 11 is 0. The predicted molar refractivity (Wildman–Crippen MR) is 44.6 cm³/mol. The van der Waals surface area contributed by atoms with Crippen molar-refractivity contribution in [3.05, 3.63) is 0 Å². The molecule has 0 bridgehead atoms. The summed E-state index contributed by atoms with van der Waals surface area (Å²) < 4.78 is 5.06. The summed E-state index contributed by atoms with van der Waals surface area (Å²) in [4.78, 5) is 11.0. The Morgan fingerprint density at radius 1 is 1.75 bits per heavy atom. The molecular weight excluding hydrogens is 156 g/mol. The Hall–Kier alpha value is -0.570. The lowest BCUT2D eigenvalue weighted by Gasteiger charge is -2.32. The largest absolute Gasteiger partial charge is 0.462 e. The molecule has 2 unspecified atom stereocenters. The van der Waals surface area contributed by atoms with Crippen LogP contribution in [0.3, 0.4) is 0 Å². The SMILES string of the molecule is CCCC1CC(C)(O)CC(=O)O1. The zero-order valence-electron chi connectivity index (χ0n) is 7.67. The van der Waals surface area contributed by atoms with Crippen LogP contribution in [0, 0.1) is 0 Å². The summed E-state index contributed by atoms with van der Waals surface area (Å²) in [5, 5.41) is 9.64. The number of esters is 1. The van der Waals surface area contributed by atoms with Crippen LogP contribution >= 0.6 is 0 Å². The van der Waals surface area contributed by atoms with E-state index >= 15 is 0 Å². The number of ether oxygens (including phenoxy) is 1. The maximum absolute atomic E-state index is 11.0. The van der Waals surface area contributed by atoms with Gasteiger partial charge in [0.25, 0.3) is 0 Å². The first kappa shape index (κ1) is 9.52. The second-order valence-corrected chi connectivity index (χ2v) is 3.78. The molecule has 0 aromatic carbocycles. The van der Waals surface area contributed by atoms with E-state index in [-0.39, 0.29) is 18.5 Å². The fraction of sp³-hybridized carbons (Fsp3) is 0.889. The van der Waals surface area contributed by atoms with E-state index in [2.05, 4.69) is 0 Å². The summed E-state index contributed by atoms with van der Waals surface area (Å²) in [6.45, 7) is 3.73. The van der Waals surface area contributed by atoms with Gasteiger partial charge in [-0.15, -0.1) is 0 Å². The highest BCUT2D eigenvalue weighted by atomic mass is 16.5. The Morgan fingerprint density at radius 2 is 2.42 bits per heavy atom. The van der Waals surface area contributed by atoms with Gasteiger partial charge < -0.3 is 9.84 Å². The van der Waals surface area contributed by atoms with Crippen LogP contribution in [-0.4, -0.2) is 22.8 Å². The monoisotopic (exact) mass is 172 g/mol. The van der Waals surface area contributed by atoms with Crippen LogP contribution in [0.25, 0.3) is 0 Å². The molecule has 1 aliphatic rings. The van der Waals surface area contributed by atoms with Gasteiger partial charge in [-0.3, -0.25) is 4.79 Å². The molecule has 1 heterocycles. The van der Waals surface area contributed by atoms with E-state index < -0.39 is 5.60 Å². The molecule has 0 radical (unpaired) electrons. The summed E-state index contributed by atoms with van der Waals surface area (Å²) in [7, 11) is 0. The highest BCUT2D eigenvalue weighted by molar-refractivity contribution is 5.71. The molecule has 1 rings (SSSR count). The number of rotatable bonds is 2. The van der Waals surface area contributed by atoms with Crippen LogP contribution in [0.1, 0.15) is 39.5 Å². The highest BCUT2D eigenvalue weighted by Gasteiger charge is 2.35. The molecule has 1 fully saturated rings. The lowest BCUT2D eigenvalue weighted by atomic mass is 9.90. The fourth-order valence-corrected chi connectivity index (χ4v) is 1.63. The smallest absolute Gasteiger partial charge is 0.308 e. The van der Waals surface area contributed by atoms with Gasteiger partial charge in [0.05, 0.1) is 12.0 Å². The highest BCUT2D eigenvalue weighted by Crippen LogP contribution is 2.26. The van der Waals surface area contributed by atoms with Gasteiger partial charge in [-0.25, -0.2) is 0 Å². The molecule has 70 valence electrons. The number of carbonyl (C=O) groups is 1. The van der Waals surface area contributed by atoms with E-state index in [1.54, 1.807) is 6.92 Å². The second kappa shape index (κ2) is 3.44. The van der Waals surface area contributed by atoms with Gasteiger partial charge >= 0.3 is 5.97 Å². The molecule has 0 aromatic heterocycles. The fourth-order valence-electron chi connectivity index (χ4n) is 1.63. The van der Waals surface area contributed by atoms with E-state index in [1.165, 1.54) is 0 Å². The maximum Gasteiger partial charge on any atom is 0.308 e. The lowest BCUT2D eigenvalue weighted by molar-refractivity contribution is -0.168. The van der Waals surface area contributed by atoms with Gasteiger partial charge in [0.15, 0.2) is 0 Å². The van der Waals surface area contributed by atoms with Crippen molar-refractivity contribution >= 4 is 5.97 Å². The molecule has 12 heavy (non-hydrogen) atoms. The minimum Gasteiger partial charge on any atom is -0.462 e. The predicted octanol–water partition coefficient (Wildman–Crippen LogP) is 1.24. The minimum atomic E-state index is -0.852. The molecule has 0 aliphatic carbocycles. The standard InChI is InChI=1S/C9H16O3/c1-3-4-7-5-9(2,11)6-8(10)12-7/h7,11H,3-6H2,1-2H3. The first-order valence-corrected chi connectivity index (χ1v) is 4.45. The molecule has 2 atom stereocenters. The molecule has 0 saturated carbocycles. The third kappa shape index (κ3) is 2.48. The second-order valence-electron chi connectivity index (χ2n) is 3.78. The van der Waals surface area contributed by atoms with Crippen LogP contribution in [0.2, 0.25) is 0 Å². The molecule has 0 aromatic rings. The van der Waals surface area contributed by atoms with Crippen LogP contribution in [0.4, 0.5) is 0 Å². The average molecular weight is 172 g/mol. The number of hydrogen-bond acceptors (Lipinski definition) is 3. The van der Waals surface area contributed by atoms with Crippen LogP contribution < -0.4 is 0 Å². The van der Waals surface area contributed by atoms with Gasteiger partial charge in [-0.2, -0.15) is 0 Å². The first-order chi connectivity index (χ1) is 5.53. The van der Waals surface area contributed by atoms with E-state index in [4.69, 9.17) is 4.74 Å². The zero-order valence-corrected chi connectivity index (χ0v) is 7.67. The van der Waals surface area contributed by atoms with Gasteiger partial charge in [-0.1, -0.05) is 13.3 Å². The number of aliphatic hydroxyl groups is 1. The molecule has 3 heteroatoms. The van der Waals surface area contributed by atoms with Crippen molar-refractivity contribution in [2.24, 2.45) is 0 Å². The summed E-state index contributed by atoms with van der Waals surface area (Å²) in [6.07, 6.45) is 2.46. The molecule has 0 amide bonds. The molecule has 1 N–H and O–H groups in total. The third-order valence-corrected chi connectivity index (χ3v) is 2.10. The molecule has 3 nitrogen and oxygen atoms in total. The van der Waals surface area contributed by atoms with Crippen molar-refractivity contribution < 1.29 is 14.6 Å². The quantitative estimate of drug-likeness (QED) is 0.637. The normalized spacial score (nSPS) is 36.2. The summed E-state index contributed by atoms with van der Waals surface area (Å²) in [5.41, 5.74) is -0.852. The third-order valence-electron chi connectivity index (χ3n) is 2.10. The van der Waals surface area contributed by atoms with E-state index in [1.807, 2.05) is 6.92 Å². The van der Waals surface area contributed by atoms with Gasteiger partial charge in [-0.05, 0) is 13.3 Å². The van der Waals surface area contributed by atoms with E-state index in [0.717, 1.165) is 12.8 Å². The number of carbonyl (C=O) groups excluding carboxylic acids is 1. The molecule has 1 saturated heterocycles. The van der Waals surface area contributed by atoms with Crippen molar-refractivity contribution in [1.82, 2.24) is 0 Å². The Labute approximate surface area is 72.7 Å². The molecular formula is C9H16O3. The Bertz CT molecular complexity index is 175. The van der Waals surface area contributed by atoms with Crippen LogP contribution in [0.5, 0.6) is 0 Å². The minimum absolute atomic E-state index is 0.0775. The van der Waals surface area contributed by atoms with E-state index in [9.17, 15) is 9.90 Å². The van der Waals surface area contributed by atoms with Gasteiger partial charge in [0.1, 0.15) is 6.10 Å². The van der Waals surface area contributed by atoms with Crippen LogP contribution in [-0.2, 0) is 9.53 Å². The van der Waals surface area contributed by atoms with Gasteiger partial charge in [0.2, 0.25) is 0 Å². The Kier molecular flexibility index (Phi) is 2.73. The van der Waals surface area contributed by atoms with Gasteiger partial charge in [0, 0.05) is 6.42 Å². The first-order valence-electron chi connectivity index (χ1n) is 4.45. The summed E-state index contributed by atoms with van der Waals surface area (Å²) in [6, 6.07) is 0. The molecule has 1 aliphatic heterocycles. The van der Waals surface area contributed by atoms with Crippen molar-refractivity contribution in [2.75, 3.05) is 0 Å². The maximum atomic E-state index is 11.0. The number of cyclic esters (lactones) is 1. The van der Waals surface area contributed by atoms with E-state index in [0.29, 0.717) is 6.42 Å². The zero-order chi connectivity index (χ0) is 9.19. The van der Waals surface area contributed by atoms with Crippen molar-refractivity contribution in [2.45, 2.75) is 51.2 Å². The lowest BCUT2D eigenvalue weighted by Crippen LogP contribution is -2.40. The number of hydrogen-bond donors (Lipinski definition) is 1. The molecule has 0 spiro atoms. The van der Waals surface area contributed by atoms with Crippen molar-refractivity contribution in [1.29, 1.82) is 0 Å². The van der Waals surface area contributed by atoms with Crippen molar-refractivity contribution in [3.8, 4) is 0 Å². The summed E-state index contributed by atoms with van der Waals surface area (Å²) in [5.74, 6) is -0.273. The Balaban J connectivity index is 2.51. The van der Waals surface area contributed by atoms with Crippen LogP contribution in [0.15, 0.2) is 0 Å². The topological polar surface area (TPSA) is 46.5 Å². The van der Waals surface area contributed by atoms with Crippen molar-refractivity contribution in [3.63, 3.8) is 0 Å².